The quantitative estimate of drug-likeness (QED) is 0.290. The number of hydrogen-bond acceptors (Lipinski definition) is 4. The first-order valence-electron chi connectivity index (χ1n) is 11.8. The minimum absolute atomic E-state index is 0.144. The van der Waals surface area contributed by atoms with E-state index < -0.39 is 0 Å². The summed E-state index contributed by atoms with van der Waals surface area (Å²) in [5.74, 6) is 1.02. The molecule has 0 spiro atoms. The second-order valence-electron chi connectivity index (χ2n) is 9.06. The van der Waals surface area contributed by atoms with E-state index in [9.17, 15) is 5.11 Å². The average Bonchev–Trinajstić information content (AvgIpc) is 3.32. The van der Waals surface area contributed by atoms with Gasteiger partial charge in [0.05, 0.1) is 11.3 Å². The van der Waals surface area contributed by atoms with Crippen molar-refractivity contribution in [2.24, 2.45) is 0 Å². The minimum atomic E-state index is 0.144. The van der Waals surface area contributed by atoms with Crippen LogP contribution in [0.5, 0.6) is 5.75 Å². The number of aromatic hydroxyl groups is 1. The fourth-order valence-corrected chi connectivity index (χ4v) is 4.57. The number of pyridine rings is 1. The van der Waals surface area contributed by atoms with Gasteiger partial charge in [-0.25, -0.2) is 4.98 Å². The van der Waals surface area contributed by atoms with Gasteiger partial charge < -0.3 is 9.52 Å². The fraction of sp³-hybridized carbons (Fsp3) is 0.0968. The Morgan fingerprint density at radius 1 is 0.771 bits per heavy atom. The van der Waals surface area contributed by atoms with E-state index in [1.807, 2.05) is 30.5 Å². The van der Waals surface area contributed by atoms with E-state index in [0.717, 1.165) is 33.3 Å². The van der Waals surface area contributed by atoms with Gasteiger partial charge in [-0.1, -0.05) is 74.5 Å². The summed E-state index contributed by atoms with van der Waals surface area (Å²) in [6.45, 7) is 4.42. The lowest BCUT2D eigenvalue weighted by Gasteiger charge is -2.11. The van der Waals surface area contributed by atoms with Crippen molar-refractivity contribution in [3.63, 3.8) is 0 Å². The monoisotopic (exact) mass is 456 g/mol. The van der Waals surface area contributed by atoms with E-state index in [4.69, 9.17) is 14.4 Å². The molecule has 0 saturated heterocycles. The highest BCUT2D eigenvalue weighted by Crippen LogP contribution is 2.36. The van der Waals surface area contributed by atoms with E-state index in [0.29, 0.717) is 23.0 Å². The largest absolute Gasteiger partial charge is 0.507 e. The molecule has 0 fully saturated rings. The van der Waals surface area contributed by atoms with Crippen molar-refractivity contribution in [2.75, 3.05) is 0 Å². The normalized spacial score (nSPS) is 11.5. The number of oxazole rings is 1. The van der Waals surface area contributed by atoms with Gasteiger partial charge in [-0.05, 0) is 52.8 Å². The Bertz CT molecular complexity index is 1700. The van der Waals surface area contributed by atoms with Crippen molar-refractivity contribution in [3.05, 3.63) is 103 Å². The highest BCUT2D eigenvalue weighted by molar-refractivity contribution is 5.97. The minimum Gasteiger partial charge on any atom is -0.507 e. The Kier molecular flexibility index (Phi) is 5.07. The van der Waals surface area contributed by atoms with Crippen LogP contribution >= 0.6 is 0 Å². The zero-order chi connectivity index (χ0) is 23.9. The lowest BCUT2D eigenvalue weighted by molar-refractivity contribution is 0.474. The van der Waals surface area contributed by atoms with Gasteiger partial charge in [-0.2, -0.15) is 0 Å². The summed E-state index contributed by atoms with van der Waals surface area (Å²) in [6.07, 6.45) is 1.88. The van der Waals surface area contributed by atoms with Crippen LogP contribution in [-0.2, 0) is 0 Å². The first-order chi connectivity index (χ1) is 17.1. The van der Waals surface area contributed by atoms with Gasteiger partial charge in [0.25, 0.3) is 0 Å². The topological polar surface area (TPSA) is 59.2 Å². The molecule has 0 unspecified atom stereocenters. The smallest absolute Gasteiger partial charge is 0.231 e. The molecule has 0 aliphatic rings. The van der Waals surface area contributed by atoms with Crippen LogP contribution in [0.3, 0.4) is 0 Å². The van der Waals surface area contributed by atoms with E-state index >= 15 is 0 Å². The molecule has 2 heterocycles. The molecule has 2 aromatic heterocycles. The Morgan fingerprint density at radius 3 is 2.43 bits per heavy atom. The first-order valence-corrected chi connectivity index (χ1v) is 11.8. The number of benzene rings is 4. The highest BCUT2D eigenvalue weighted by Gasteiger charge is 2.16. The summed E-state index contributed by atoms with van der Waals surface area (Å²) < 4.78 is 6.02. The molecule has 6 aromatic rings. The highest BCUT2D eigenvalue weighted by atomic mass is 16.3. The van der Waals surface area contributed by atoms with Crippen LogP contribution in [0.15, 0.2) is 102 Å². The molecule has 6 rings (SSSR count). The van der Waals surface area contributed by atoms with E-state index in [-0.39, 0.29) is 5.75 Å². The summed E-state index contributed by atoms with van der Waals surface area (Å²) in [7, 11) is 0. The van der Waals surface area contributed by atoms with Gasteiger partial charge in [-0.3, -0.25) is 4.98 Å². The zero-order valence-corrected chi connectivity index (χ0v) is 19.6. The Hall–Kier alpha value is -4.44. The predicted octanol–water partition coefficient (Wildman–Crippen LogP) is 8.21. The second kappa shape index (κ2) is 8.41. The molecule has 0 aliphatic carbocycles. The zero-order valence-electron chi connectivity index (χ0n) is 19.6. The summed E-state index contributed by atoms with van der Waals surface area (Å²) in [5, 5.41) is 12.6. The van der Waals surface area contributed by atoms with Gasteiger partial charge >= 0.3 is 0 Å². The van der Waals surface area contributed by atoms with Gasteiger partial charge in [0.15, 0.2) is 5.58 Å². The number of aromatic nitrogens is 2. The summed E-state index contributed by atoms with van der Waals surface area (Å²) in [4.78, 5) is 9.50. The molecule has 0 radical (unpaired) electrons. The number of phenols is 1. The van der Waals surface area contributed by atoms with E-state index in [1.165, 1.54) is 10.9 Å². The maximum Gasteiger partial charge on any atom is 0.231 e. The molecular formula is C31H24N2O2. The lowest BCUT2D eigenvalue weighted by Crippen LogP contribution is -1.91. The van der Waals surface area contributed by atoms with Crippen molar-refractivity contribution in [1.82, 2.24) is 9.97 Å². The van der Waals surface area contributed by atoms with E-state index in [2.05, 4.69) is 62.4 Å². The third-order valence-corrected chi connectivity index (χ3v) is 6.46. The SMILES string of the molecule is CC(C)c1ccc2c(-c3cccc(-c4cccc5oc(-c6ccccc6O)nc45)c3)nccc2c1. The number of nitrogens with zero attached hydrogens (tertiary/aromatic N) is 2. The molecule has 35 heavy (non-hydrogen) atoms. The van der Waals surface area contributed by atoms with Crippen LogP contribution in [0, 0.1) is 0 Å². The van der Waals surface area contributed by atoms with Crippen LogP contribution in [0.25, 0.3) is 55.7 Å². The molecule has 4 heteroatoms. The summed E-state index contributed by atoms with van der Waals surface area (Å²) in [6, 6.07) is 30.1. The van der Waals surface area contributed by atoms with Crippen LogP contribution in [0.1, 0.15) is 25.3 Å². The maximum absolute atomic E-state index is 10.3. The van der Waals surface area contributed by atoms with E-state index in [1.54, 1.807) is 18.2 Å². The maximum atomic E-state index is 10.3. The van der Waals surface area contributed by atoms with Crippen molar-refractivity contribution >= 4 is 21.9 Å². The Balaban J connectivity index is 1.47. The van der Waals surface area contributed by atoms with Crippen molar-refractivity contribution in [3.8, 4) is 39.6 Å². The number of fused-ring (bicyclic) bond motifs is 2. The van der Waals surface area contributed by atoms with Gasteiger partial charge in [0.2, 0.25) is 5.89 Å². The van der Waals surface area contributed by atoms with Crippen LogP contribution < -0.4 is 0 Å². The van der Waals surface area contributed by atoms with Crippen molar-refractivity contribution in [1.29, 1.82) is 0 Å². The number of rotatable bonds is 4. The molecule has 0 saturated carbocycles. The molecule has 0 bridgehead atoms. The van der Waals surface area contributed by atoms with Crippen molar-refractivity contribution in [2.45, 2.75) is 19.8 Å². The van der Waals surface area contributed by atoms with Crippen LogP contribution in [-0.4, -0.2) is 15.1 Å². The van der Waals surface area contributed by atoms with Gasteiger partial charge in [0.1, 0.15) is 11.3 Å². The average molecular weight is 457 g/mol. The lowest BCUT2D eigenvalue weighted by atomic mass is 9.96. The van der Waals surface area contributed by atoms with Crippen LogP contribution in [0.4, 0.5) is 0 Å². The molecule has 0 amide bonds. The Labute approximate surface area is 203 Å². The molecular weight excluding hydrogens is 432 g/mol. The predicted molar refractivity (Wildman–Crippen MR) is 141 cm³/mol. The molecule has 4 aromatic carbocycles. The van der Waals surface area contributed by atoms with Crippen LogP contribution in [0.2, 0.25) is 0 Å². The molecule has 4 nitrogen and oxygen atoms in total. The summed E-state index contributed by atoms with van der Waals surface area (Å²) >= 11 is 0. The molecule has 1 N–H and O–H groups in total. The first kappa shape index (κ1) is 21.1. The Morgan fingerprint density at radius 2 is 1.57 bits per heavy atom. The molecule has 0 atom stereocenters. The van der Waals surface area contributed by atoms with Crippen molar-refractivity contribution < 1.29 is 9.52 Å². The second-order valence-corrected chi connectivity index (χ2v) is 9.06. The summed E-state index contributed by atoms with van der Waals surface area (Å²) in [5.41, 5.74) is 7.34. The van der Waals surface area contributed by atoms with Gasteiger partial charge in [0, 0.05) is 22.7 Å². The number of hydrogen-bond donors (Lipinski definition) is 1. The fourth-order valence-electron chi connectivity index (χ4n) is 4.57. The molecule has 170 valence electrons. The van der Waals surface area contributed by atoms with Gasteiger partial charge in [-0.15, -0.1) is 0 Å². The number of para-hydroxylation sites is 2. The number of phenolic OH excluding ortho intramolecular Hbond substituents is 1. The standard InChI is InChI=1S/C31H24N2O2/c1-19(2)20-13-14-25-22(17-20)15-16-32-29(25)23-8-5-7-21(18-23)24-10-6-12-28-30(24)33-31(35-28)26-9-3-4-11-27(26)34/h3-19,34H,1-2H3. The third-order valence-electron chi connectivity index (χ3n) is 6.46. The third kappa shape index (κ3) is 3.73. The molecule has 0 aliphatic heterocycles.